The zero-order chi connectivity index (χ0) is 9.97. The molecule has 14 heavy (non-hydrogen) atoms. The fourth-order valence-electron chi connectivity index (χ4n) is 1.71. The van der Waals surface area contributed by atoms with Crippen LogP contribution in [0.4, 0.5) is 0 Å². The molecular weight excluding hydrogens is 176 g/mol. The van der Waals surface area contributed by atoms with Gasteiger partial charge in [-0.25, -0.2) is 0 Å². The molecule has 3 heteroatoms. The van der Waals surface area contributed by atoms with Gasteiger partial charge in [-0.05, 0) is 11.6 Å². The third kappa shape index (κ3) is 1.64. The van der Waals surface area contributed by atoms with Crippen molar-refractivity contribution in [2.75, 3.05) is 6.54 Å². The van der Waals surface area contributed by atoms with Gasteiger partial charge in [0.05, 0.1) is 0 Å². The van der Waals surface area contributed by atoms with Crippen molar-refractivity contribution in [3.05, 3.63) is 24.0 Å². The van der Waals surface area contributed by atoms with Crippen molar-refractivity contribution in [2.24, 2.45) is 5.92 Å². The van der Waals surface area contributed by atoms with Gasteiger partial charge >= 0.3 is 0 Å². The number of terminal acetylenes is 1. The summed E-state index contributed by atoms with van der Waals surface area (Å²) in [5.41, 5.74) is 1.12. The molecule has 0 spiro atoms. The lowest BCUT2D eigenvalue weighted by atomic mass is 10.1. The number of carbonyl (C=O) groups excluding carboxylic acids is 1. The van der Waals surface area contributed by atoms with E-state index in [0.29, 0.717) is 19.5 Å². The maximum absolute atomic E-state index is 11.5. The molecule has 1 amide bonds. The van der Waals surface area contributed by atoms with Gasteiger partial charge in [-0.3, -0.25) is 4.79 Å². The van der Waals surface area contributed by atoms with Gasteiger partial charge in [-0.15, -0.1) is 12.3 Å². The van der Waals surface area contributed by atoms with Crippen molar-refractivity contribution in [1.29, 1.82) is 0 Å². The normalized spacial score (nSPS) is 21.2. The first-order chi connectivity index (χ1) is 6.79. The average Bonchev–Trinajstić information content (AvgIpc) is 2.78. The Bertz CT molecular complexity index is 361. The van der Waals surface area contributed by atoms with Crippen LogP contribution in [0.25, 0.3) is 0 Å². The molecule has 0 bridgehead atoms. The summed E-state index contributed by atoms with van der Waals surface area (Å²) in [7, 11) is 0. The number of nitrogens with one attached hydrogen (secondary N) is 1. The lowest BCUT2D eigenvalue weighted by Crippen LogP contribution is -2.24. The van der Waals surface area contributed by atoms with E-state index in [1.165, 1.54) is 0 Å². The van der Waals surface area contributed by atoms with Crippen LogP contribution in [0.2, 0.25) is 0 Å². The lowest BCUT2D eigenvalue weighted by molar-refractivity contribution is -0.128. The number of rotatable bonds is 2. The van der Waals surface area contributed by atoms with E-state index in [1.54, 1.807) is 0 Å². The fourth-order valence-corrected chi connectivity index (χ4v) is 1.71. The number of H-pyrrole nitrogens is 1. The summed E-state index contributed by atoms with van der Waals surface area (Å²) in [6, 6.07) is 1.97. The molecule has 1 aliphatic rings. The van der Waals surface area contributed by atoms with Crippen molar-refractivity contribution in [2.45, 2.75) is 13.0 Å². The van der Waals surface area contributed by atoms with Crippen LogP contribution in [0, 0.1) is 18.3 Å². The molecule has 1 unspecified atom stereocenters. The largest absolute Gasteiger partial charge is 0.367 e. The van der Waals surface area contributed by atoms with Crippen molar-refractivity contribution >= 4 is 5.91 Å². The topological polar surface area (TPSA) is 36.1 Å². The van der Waals surface area contributed by atoms with Crippen molar-refractivity contribution in [1.82, 2.24) is 9.88 Å². The van der Waals surface area contributed by atoms with Crippen LogP contribution in [0.15, 0.2) is 18.5 Å². The maximum atomic E-state index is 11.5. The van der Waals surface area contributed by atoms with E-state index in [-0.39, 0.29) is 11.8 Å². The summed E-state index contributed by atoms with van der Waals surface area (Å²) in [5, 5.41) is 0. The zero-order valence-corrected chi connectivity index (χ0v) is 7.86. The van der Waals surface area contributed by atoms with E-state index >= 15 is 0 Å². The Kier molecular flexibility index (Phi) is 2.28. The van der Waals surface area contributed by atoms with Crippen LogP contribution in [-0.4, -0.2) is 22.3 Å². The fraction of sp³-hybridized carbons (Fsp3) is 0.364. The third-order valence-electron chi connectivity index (χ3n) is 2.49. The maximum Gasteiger partial charge on any atom is 0.224 e. The highest BCUT2D eigenvalue weighted by molar-refractivity contribution is 5.79. The van der Waals surface area contributed by atoms with E-state index < -0.39 is 0 Å². The molecule has 1 N–H and O–H groups in total. The molecule has 0 radical (unpaired) electrons. The molecule has 1 saturated heterocycles. The van der Waals surface area contributed by atoms with Gasteiger partial charge in [0.15, 0.2) is 0 Å². The van der Waals surface area contributed by atoms with E-state index in [1.807, 2.05) is 23.4 Å². The molecule has 1 fully saturated rings. The summed E-state index contributed by atoms with van der Waals surface area (Å²) in [4.78, 5) is 16.3. The van der Waals surface area contributed by atoms with Gasteiger partial charge in [0.2, 0.25) is 5.91 Å². The Morgan fingerprint density at radius 1 is 1.71 bits per heavy atom. The first-order valence-electron chi connectivity index (χ1n) is 4.65. The molecule has 1 atom stereocenters. The van der Waals surface area contributed by atoms with Gasteiger partial charge in [0, 0.05) is 37.8 Å². The standard InChI is InChI=1S/C11H12N2O/c1-2-9-5-11(14)13(7-9)8-10-3-4-12-6-10/h1,3-4,6,9,12H,5,7-8H2. The molecule has 0 saturated carbocycles. The molecule has 2 heterocycles. The molecule has 3 nitrogen and oxygen atoms in total. The quantitative estimate of drug-likeness (QED) is 0.690. The molecule has 1 aromatic heterocycles. The van der Waals surface area contributed by atoms with Crippen LogP contribution in [0.5, 0.6) is 0 Å². The molecule has 0 aromatic carbocycles. The van der Waals surface area contributed by atoms with Crippen molar-refractivity contribution in [3.8, 4) is 12.3 Å². The van der Waals surface area contributed by atoms with E-state index in [4.69, 9.17) is 6.42 Å². The highest BCUT2D eigenvalue weighted by Crippen LogP contribution is 2.18. The Hall–Kier alpha value is -1.69. The van der Waals surface area contributed by atoms with Gasteiger partial charge < -0.3 is 9.88 Å². The molecular formula is C11H12N2O. The SMILES string of the molecule is C#CC1CC(=O)N(Cc2cc[nH]c2)C1. The average molecular weight is 188 g/mol. The van der Waals surface area contributed by atoms with Crippen LogP contribution in [-0.2, 0) is 11.3 Å². The number of nitrogens with zero attached hydrogens (tertiary/aromatic N) is 1. The first kappa shape index (κ1) is 8.89. The van der Waals surface area contributed by atoms with E-state index in [0.717, 1.165) is 5.56 Å². The minimum absolute atomic E-state index is 0.0986. The third-order valence-corrected chi connectivity index (χ3v) is 2.49. The van der Waals surface area contributed by atoms with Crippen molar-refractivity contribution < 1.29 is 4.79 Å². The summed E-state index contributed by atoms with van der Waals surface area (Å²) >= 11 is 0. The molecule has 72 valence electrons. The Labute approximate surface area is 83.1 Å². The number of aromatic nitrogens is 1. The summed E-state index contributed by atoms with van der Waals surface area (Å²) in [6.07, 6.45) is 9.55. The lowest BCUT2D eigenvalue weighted by Gasteiger charge is -2.14. The van der Waals surface area contributed by atoms with Gasteiger partial charge in [0.25, 0.3) is 0 Å². The number of hydrogen-bond acceptors (Lipinski definition) is 1. The minimum atomic E-state index is 0.0986. The van der Waals surface area contributed by atoms with E-state index in [9.17, 15) is 4.79 Å². The van der Waals surface area contributed by atoms with Crippen molar-refractivity contribution in [3.63, 3.8) is 0 Å². The van der Waals surface area contributed by atoms with Crippen LogP contribution in [0.3, 0.4) is 0 Å². The highest BCUT2D eigenvalue weighted by Gasteiger charge is 2.27. The van der Waals surface area contributed by atoms with Crippen LogP contribution < -0.4 is 0 Å². The second-order valence-corrected chi connectivity index (χ2v) is 3.56. The monoisotopic (exact) mass is 188 g/mol. The first-order valence-corrected chi connectivity index (χ1v) is 4.65. The van der Waals surface area contributed by atoms with Gasteiger partial charge in [-0.1, -0.05) is 0 Å². The molecule has 1 aliphatic heterocycles. The number of amides is 1. The summed E-state index contributed by atoms with van der Waals surface area (Å²) in [6.45, 7) is 1.36. The molecule has 1 aromatic rings. The Balaban J connectivity index is 2.00. The number of likely N-dealkylation sites (tertiary alicyclic amines) is 1. The Morgan fingerprint density at radius 3 is 3.14 bits per heavy atom. The van der Waals surface area contributed by atoms with Crippen LogP contribution in [0.1, 0.15) is 12.0 Å². The number of aromatic amines is 1. The molecule has 2 rings (SSSR count). The number of hydrogen-bond donors (Lipinski definition) is 1. The summed E-state index contributed by atoms with van der Waals surface area (Å²) in [5.74, 6) is 2.89. The second-order valence-electron chi connectivity index (χ2n) is 3.56. The van der Waals surface area contributed by atoms with Crippen LogP contribution >= 0.6 is 0 Å². The Morgan fingerprint density at radius 2 is 2.57 bits per heavy atom. The second kappa shape index (κ2) is 3.59. The number of carbonyl (C=O) groups is 1. The highest BCUT2D eigenvalue weighted by atomic mass is 16.2. The summed E-state index contributed by atoms with van der Waals surface area (Å²) < 4.78 is 0. The minimum Gasteiger partial charge on any atom is -0.367 e. The molecule has 0 aliphatic carbocycles. The van der Waals surface area contributed by atoms with E-state index in [2.05, 4.69) is 10.9 Å². The van der Waals surface area contributed by atoms with Gasteiger partial charge in [0.1, 0.15) is 0 Å². The zero-order valence-electron chi connectivity index (χ0n) is 7.86. The van der Waals surface area contributed by atoms with Gasteiger partial charge in [-0.2, -0.15) is 0 Å². The predicted octanol–water partition coefficient (Wildman–Crippen LogP) is 0.996. The smallest absolute Gasteiger partial charge is 0.224 e. The predicted molar refractivity (Wildman–Crippen MR) is 53.1 cm³/mol.